The lowest BCUT2D eigenvalue weighted by Gasteiger charge is -2.07. The Morgan fingerprint density at radius 1 is 1.43 bits per heavy atom. The van der Waals surface area contributed by atoms with Gasteiger partial charge in [-0.15, -0.1) is 0 Å². The van der Waals surface area contributed by atoms with Crippen LogP contribution in [0.15, 0.2) is 18.2 Å². The number of rotatable bonds is 2. The van der Waals surface area contributed by atoms with Crippen molar-refractivity contribution in [2.45, 2.75) is 13.0 Å². The van der Waals surface area contributed by atoms with Crippen LogP contribution in [0.25, 0.3) is 0 Å². The van der Waals surface area contributed by atoms with Gasteiger partial charge in [0.25, 0.3) is 0 Å². The molecule has 0 saturated carbocycles. The fraction of sp³-hybridized carbons (Fsp3) is 0.200. The van der Waals surface area contributed by atoms with Gasteiger partial charge < -0.3 is 4.74 Å². The molecule has 0 spiro atoms. The molecule has 75 valence electrons. The van der Waals surface area contributed by atoms with E-state index in [4.69, 9.17) is 4.74 Å². The number of carbonyl (C=O) groups is 1. The molecule has 0 aliphatic carbocycles. The molecule has 2 nitrogen and oxygen atoms in total. The van der Waals surface area contributed by atoms with E-state index in [1.54, 1.807) is 6.92 Å². The number of halogens is 2. The van der Waals surface area contributed by atoms with Gasteiger partial charge in [0.15, 0.2) is 11.6 Å². The molecule has 0 amide bonds. The van der Waals surface area contributed by atoms with Crippen molar-refractivity contribution >= 4 is 5.97 Å². The number of carbonyl (C=O) groups excluding carboxylic acids is 1. The molecule has 1 unspecified atom stereocenters. The van der Waals surface area contributed by atoms with Crippen LogP contribution in [0.1, 0.15) is 17.3 Å². The van der Waals surface area contributed by atoms with Gasteiger partial charge in [-0.25, -0.2) is 13.6 Å². The Kier molecular flexibility index (Phi) is 3.17. The van der Waals surface area contributed by atoms with Gasteiger partial charge in [0.05, 0.1) is 11.7 Å². The van der Waals surface area contributed by atoms with Crippen LogP contribution in [-0.4, -0.2) is 12.1 Å². The van der Waals surface area contributed by atoms with Gasteiger partial charge in [-0.2, -0.15) is 0 Å². The molecule has 0 N–H and O–H groups in total. The predicted molar refractivity (Wildman–Crippen MR) is 46.6 cm³/mol. The Bertz CT molecular complexity index is 348. The topological polar surface area (TPSA) is 26.3 Å². The maximum absolute atomic E-state index is 12.7. The molecule has 1 aromatic carbocycles. The van der Waals surface area contributed by atoms with Gasteiger partial charge in [0, 0.05) is 0 Å². The zero-order chi connectivity index (χ0) is 10.7. The summed E-state index contributed by atoms with van der Waals surface area (Å²) < 4.78 is 29.9. The molecule has 0 heterocycles. The van der Waals surface area contributed by atoms with Gasteiger partial charge in [0.1, 0.15) is 0 Å². The lowest BCUT2D eigenvalue weighted by molar-refractivity contribution is 0.0420. The van der Waals surface area contributed by atoms with Crippen LogP contribution in [0.4, 0.5) is 8.78 Å². The van der Waals surface area contributed by atoms with Crippen LogP contribution in [0.2, 0.25) is 0 Å². The average Bonchev–Trinajstić information content (AvgIpc) is 2.08. The molecule has 4 heteroatoms. The van der Waals surface area contributed by atoms with Gasteiger partial charge in [0.2, 0.25) is 0 Å². The van der Waals surface area contributed by atoms with E-state index in [0.717, 1.165) is 18.2 Å². The Balaban J connectivity index is 2.86. The molecule has 0 bridgehead atoms. The summed E-state index contributed by atoms with van der Waals surface area (Å²) in [6.07, 6.45) is -0.532. The Labute approximate surface area is 80.5 Å². The van der Waals surface area contributed by atoms with Gasteiger partial charge in [-0.3, -0.25) is 0 Å². The van der Waals surface area contributed by atoms with Gasteiger partial charge >= 0.3 is 5.97 Å². The molecule has 0 aliphatic rings. The van der Waals surface area contributed by atoms with Crippen LogP contribution >= 0.6 is 0 Å². The van der Waals surface area contributed by atoms with Crippen molar-refractivity contribution in [1.82, 2.24) is 0 Å². The number of hydrogen-bond acceptors (Lipinski definition) is 2. The first kappa shape index (κ1) is 10.6. The molecule has 0 fully saturated rings. The minimum absolute atomic E-state index is 0.0283. The van der Waals surface area contributed by atoms with Crippen LogP contribution in [0.5, 0.6) is 0 Å². The van der Waals surface area contributed by atoms with E-state index in [1.165, 1.54) is 0 Å². The van der Waals surface area contributed by atoms with Crippen molar-refractivity contribution in [1.29, 1.82) is 0 Å². The standard InChI is InChI=1S/C10H9F2O2/c1-6(2)14-10(13)7-3-4-8(11)9(12)5-7/h3-6H,1H2,2H3. The molecule has 1 radical (unpaired) electrons. The number of benzene rings is 1. The van der Waals surface area contributed by atoms with E-state index in [-0.39, 0.29) is 5.56 Å². The van der Waals surface area contributed by atoms with E-state index >= 15 is 0 Å². The van der Waals surface area contributed by atoms with Crippen LogP contribution in [0, 0.1) is 18.6 Å². The first-order chi connectivity index (χ1) is 6.50. The second-order valence-electron chi connectivity index (χ2n) is 2.84. The van der Waals surface area contributed by atoms with Crippen molar-refractivity contribution < 1.29 is 18.3 Å². The SMILES string of the molecule is [CH2]C(C)OC(=O)c1ccc(F)c(F)c1. The summed E-state index contributed by atoms with van der Waals surface area (Å²) in [6, 6.07) is 2.82. The third-order valence-electron chi connectivity index (χ3n) is 1.46. The Morgan fingerprint density at radius 3 is 2.57 bits per heavy atom. The largest absolute Gasteiger partial charge is 0.459 e. The maximum atomic E-state index is 12.7. The van der Waals surface area contributed by atoms with Crippen LogP contribution in [0.3, 0.4) is 0 Å². The molecule has 1 aromatic rings. The fourth-order valence-corrected chi connectivity index (χ4v) is 0.874. The molecule has 0 aromatic heterocycles. The van der Waals surface area contributed by atoms with Crippen molar-refractivity contribution in [3.05, 3.63) is 42.3 Å². The first-order valence-electron chi connectivity index (χ1n) is 4.00. The third kappa shape index (κ3) is 2.52. The van der Waals surface area contributed by atoms with Crippen molar-refractivity contribution in [3.8, 4) is 0 Å². The predicted octanol–water partition coefficient (Wildman–Crippen LogP) is 2.34. The monoisotopic (exact) mass is 199 g/mol. The van der Waals surface area contributed by atoms with E-state index in [9.17, 15) is 13.6 Å². The summed E-state index contributed by atoms with van der Waals surface area (Å²) in [5.74, 6) is -2.79. The first-order valence-corrected chi connectivity index (χ1v) is 4.00. The molecule has 1 rings (SSSR count). The summed E-state index contributed by atoms with van der Waals surface area (Å²) >= 11 is 0. The summed E-state index contributed by atoms with van der Waals surface area (Å²) in [7, 11) is 0. The number of hydrogen-bond donors (Lipinski definition) is 0. The summed E-state index contributed by atoms with van der Waals surface area (Å²) in [5, 5.41) is 0. The lowest BCUT2D eigenvalue weighted by Crippen LogP contribution is -2.12. The lowest BCUT2D eigenvalue weighted by atomic mass is 10.2. The van der Waals surface area contributed by atoms with E-state index in [1.807, 2.05) is 0 Å². The number of esters is 1. The molecule has 14 heavy (non-hydrogen) atoms. The highest BCUT2D eigenvalue weighted by Gasteiger charge is 2.11. The zero-order valence-electron chi connectivity index (χ0n) is 7.59. The zero-order valence-corrected chi connectivity index (χ0v) is 7.59. The van der Waals surface area contributed by atoms with Gasteiger partial charge in [-0.1, -0.05) is 0 Å². The second kappa shape index (κ2) is 4.17. The molecular formula is C10H9F2O2. The highest BCUT2D eigenvalue weighted by molar-refractivity contribution is 5.89. The van der Waals surface area contributed by atoms with Crippen LogP contribution < -0.4 is 0 Å². The highest BCUT2D eigenvalue weighted by atomic mass is 19.2. The molecule has 0 aliphatic heterocycles. The highest BCUT2D eigenvalue weighted by Crippen LogP contribution is 2.10. The van der Waals surface area contributed by atoms with E-state index in [0.29, 0.717) is 0 Å². The Hall–Kier alpha value is -1.45. The van der Waals surface area contributed by atoms with Crippen LogP contribution in [-0.2, 0) is 4.74 Å². The van der Waals surface area contributed by atoms with E-state index < -0.39 is 23.7 Å². The second-order valence-corrected chi connectivity index (χ2v) is 2.84. The van der Waals surface area contributed by atoms with Gasteiger partial charge in [-0.05, 0) is 32.0 Å². The summed E-state index contributed by atoms with van der Waals surface area (Å²) in [6.45, 7) is 5.00. The molecule has 1 atom stereocenters. The van der Waals surface area contributed by atoms with Crippen molar-refractivity contribution in [2.24, 2.45) is 0 Å². The quantitative estimate of drug-likeness (QED) is 0.683. The minimum atomic E-state index is -1.07. The summed E-state index contributed by atoms with van der Waals surface area (Å²) in [4.78, 5) is 11.2. The third-order valence-corrected chi connectivity index (χ3v) is 1.46. The summed E-state index contributed by atoms with van der Waals surface area (Å²) in [5.41, 5.74) is -0.0283. The minimum Gasteiger partial charge on any atom is -0.459 e. The fourth-order valence-electron chi connectivity index (χ4n) is 0.874. The van der Waals surface area contributed by atoms with Crippen molar-refractivity contribution in [3.63, 3.8) is 0 Å². The normalized spacial score (nSPS) is 10.4. The Morgan fingerprint density at radius 2 is 2.07 bits per heavy atom. The molecule has 0 saturated heterocycles. The average molecular weight is 199 g/mol. The smallest absolute Gasteiger partial charge is 0.338 e. The maximum Gasteiger partial charge on any atom is 0.338 e. The van der Waals surface area contributed by atoms with Crippen molar-refractivity contribution in [2.75, 3.05) is 0 Å². The molecular weight excluding hydrogens is 190 g/mol. The van der Waals surface area contributed by atoms with E-state index in [2.05, 4.69) is 6.92 Å². The number of ether oxygens (including phenoxy) is 1.